The molecule has 1 aromatic rings. The largest absolute Gasteiger partial charge is 0.465 e. The first kappa shape index (κ1) is 20.2. The molecular weight excluding hydrogens is 338 g/mol. The normalized spacial score (nSPS) is 22.2. The zero-order valence-corrected chi connectivity index (χ0v) is 15.8. The summed E-state index contributed by atoms with van der Waals surface area (Å²) in [4.78, 5) is 15.2. The maximum atomic E-state index is 12.9. The smallest absolute Gasteiger partial charge is 0.316 e. The van der Waals surface area contributed by atoms with Crippen LogP contribution in [0.25, 0.3) is 0 Å². The predicted molar refractivity (Wildman–Crippen MR) is 101 cm³/mol. The second-order valence-corrected chi connectivity index (χ2v) is 7.53. The van der Waals surface area contributed by atoms with Gasteiger partial charge in [0.05, 0.1) is 12.2 Å². The van der Waals surface area contributed by atoms with E-state index in [1.165, 1.54) is 0 Å². The van der Waals surface area contributed by atoms with Crippen LogP contribution in [-0.2, 0) is 9.53 Å². The van der Waals surface area contributed by atoms with Gasteiger partial charge in [-0.3, -0.25) is 4.79 Å². The Morgan fingerprint density at radius 1 is 1.24 bits per heavy atom. The summed E-state index contributed by atoms with van der Waals surface area (Å²) in [5, 5.41) is 11.0. The van der Waals surface area contributed by atoms with E-state index >= 15 is 0 Å². The Hall–Kier alpha value is -1.10. The van der Waals surface area contributed by atoms with Crippen LogP contribution >= 0.6 is 12.4 Å². The molecule has 140 valence electrons. The summed E-state index contributed by atoms with van der Waals surface area (Å²) in [6, 6.07) is 9.63. The van der Waals surface area contributed by atoms with Crippen molar-refractivity contribution in [2.75, 3.05) is 26.7 Å². The zero-order valence-electron chi connectivity index (χ0n) is 15.0. The lowest BCUT2D eigenvalue weighted by molar-refractivity contribution is -0.154. The van der Waals surface area contributed by atoms with E-state index in [-0.39, 0.29) is 18.4 Å². The fourth-order valence-electron chi connectivity index (χ4n) is 4.10. The van der Waals surface area contributed by atoms with Crippen molar-refractivity contribution in [2.45, 2.75) is 50.0 Å². The first-order valence-corrected chi connectivity index (χ1v) is 9.21. The second-order valence-electron chi connectivity index (χ2n) is 7.53. The van der Waals surface area contributed by atoms with Gasteiger partial charge >= 0.3 is 5.97 Å². The summed E-state index contributed by atoms with van der Waals surface area (Å²) in [6.07, 6.45) is 5.45. The van der Waals surface area contributed by atoms with E-state index in [9.17, 15) is 9.90 Å². The Labute approximate surface area is 157 Å². The van der Waals surface area contributed by atoms with E-state index in [1.54, 1.807) is 0 Å². The van der Waals surface area contributed by atoms with E-state index in [4.69, 9.17) is 4.74 Å². The number of carbonyl (C=O) groups excluding carboxylic acids is 1. The van der Waals surface area contributed by atoms with Gasteiger partial charge in [0.2, 0.25) is 0 Å². The number of benzene rings is 1. The molecule has 1 saturated carbocycles. The monoisotopic (exact) mass is 367 g/mol. The molecule has 1 atom stereocenters. The molecule has 5 heteroatoms. The van der Waals surface area contributed by atoms with E-state index < -0.39 is 11.5 Å². The third-order valence-corrected chi connectivity index (χ3v) is 5.67. The molecule has 3 rings (SSSR count). The van der Waals surface area contributed by atoms with Crippen molar-refractivity contribution in [3.63, 3.8) is 0 Å². The van der Waals surface area contributed by atoms with Gasteiger partial charge in [0.15, 0.2) is 0 Å². The topological polar surface area (TPSA) is 49.8 Å². The highest BCUT2D eigenvalue weighted by molar-refractivity contribution is 5.85. The average molecular weight is 368 g/mol. The van der Waals surface area contributed by atoms with Crippen LogP contribution < -0.4 is 0 Å². The first-order chi connectivity index (χ1) is 11.6. The summed E-state index contributed by atoms with van der Waals surface area (Å²) in [7, 11) is 2.13. The van der Waals surface area contributed by atoms with Gasteiger partial charge in [-0.05, 0) is 57.3 Å². The lowest BCUT2D eigenvalue weighted by Gasteiger charge is -2.33. The molecule has 0 bridgehead atoms. The van der Waals surface area contributed by atoms with Crippen LogP contribution in [0.2, 0.25) is 0 Å². The average Bonchev–Trinajstić information content (AvgIpc) is 3.02. The number of halogens is 1. The minimum Gasteiger partial charge on any atom is -0.465 e. The van der Waals surface area contributed by atoms with Crippen molar-refractivity contribution in [1.29, 1.82) is 0 Å². The van der Waals surface area contributed by atoms with Crippen molar-refractivity contribution < 1.29 is 14.6 Å². The maximum Gasteiger partial charge on any atom is 0.316 e. The van der Waals surface area contributed by atoms with Crippen LogP contribution in [0.3, 0.4) is 0 Å². The summed E-state index contributed by atoms with van der Waals surface area (Å²) >= 11 is 0. The maximum absolute atomic E-state index is 12.9. The van der Waals surface area contributed by atoms with E-state index in [2.05, 4.69) is 11.9 Å². The van der Waals surface area contributed by atoms with Gasteiger partial charge in [0.1, 0.15) is 5.92 Å². The van der Waals surface area contributed by atoms with Gasteiger partial charge in [-0.2, -0.15) is 0 Å². The number of likely N-dealkylation sites (tertiary alicyclic amines) is 1. The fraction of sp³-hybridized carbons (Fsp3) is 0.650. The van der Waals surface area contributed by atoms with Gasteiger partial charge in [-0.25, -0.2) is 0 Å². The second kappa shape index (κ2) is 9.02. The summed E-state index contributed by atoms with van der Waals surface area (Å²) < 4.78 is 5.69. The number of rotatable bonds is 5. The van der Waals surface area contributed by atoms with Crippen LogP contribution in [0, 0.1) is 5.92 Å². The Morgan fingerprint density at radius 2 is 1.84 bits per heavy atom. The molecule has 1 unspecified atom stereocenters. The Balaban J connectivity index is 0.00000225. The van der Waals surface area contributed by atoms with Crippen LogP contribution in [-0.4, -0.2) is 48.3 Å². The lowest BCUT2D eigenvalue weighted by Crippen LogP contribution is -2.40. The van der Waals surface area contributed by atoms with Crippen LogP contribution in [0.1, 0.15) is 50.0 Å². The van der Waals surface area contributed by atoms with Crippen molar-refractivity contribution in [3.8, 4) is 0 Å². The van der Waals surface area contributed by atoms with Gasteiger partial charge in [-0.1, -0.05) is 43.2 Å². The Bertz CT molecular complexity index is 537. The standard InChI is InChI=1S/C20H29NO3.ClH/c1-21-13-9-16(10-14-21)15-24-19(22)18(17-7-3-2-4-8-17)20(23)11-5-6-12-20;/h2-4,7-8,16,18,23H,5-6,9-15H2,1H3;1H. The van der Waals surface area contributed by atoms with Crippen molar-refractivity contribution in [3.05, 3.63) is 35.9 Å². The van der Waals surface area contributed by atoms with Gasteiger partial charge in [-0.15, -0.1) is 12.4 Å². The van der Waals surface area contributed by atoms with E-state index in [0.717, 1.165) is 44.3 Å². The predicted octanol–water partition coefficient (Wildman–Crippen LogP) is 3.38. The van der Waals surface area contributed by atoms with Gasteiger partial charge in [0, 0.05) is 0 Å². The van der Waals surface area contributed by atoms with Crippen molar-refractivity contribution >= 4 is 18.4 Å². The molecule has 1 saturated heterocycles. The quantitative estimate of drug-likeness (QED) is 0.810. The van der Waals surface area contributed by atoms with Crippen LogP contribution in [0.5, 0.6) is 0 Å². The molecule has 0 radical (unpaired) electrons. The zero-order chi connectivity index (χ0) is 17.0. The number of esters is 1. The highest BCUT2D eigenvalue weighted by atomic mass is 35.5. The van der Waals surface area contributed by atoms with E-state index in [1.807, 2.05) is 30.3 Å². The molecule has 2 aliphatic rings. The Kier molecular flexibility index (Phi) is 7.29. The minimum absolute atomic E-state index is 0. The third kappa shape index (κ3) is 4.96. The summed E-state index contributed by atoms with van der Waals surface area (Å²) in [5.41, 5.74) is -0.0825. The van der Waals surface area contributed by atoms with Crippen LogP contribution in [0.4, 0.5) is 0 Å². The summed E-state index contributed by atoms with van der Waals surface area (Å²) in [5.74, 6) is -0.378. The Morgan fingerprint density at radius 3 is 2.44 bits per heavy atom. The number of hydrogen-bond acceptors (Lipinski definition) is 4. The molecule has 1 N–H and O–H groups in total. The fourth-order valence-corrected chi connectivity index (χ4v) is 4.10. The van der Waals surface area contributed by atoms with Crippen LogP contribution in [0.15, 0.2) is 30.3 Å². The SMILES string of the molecule is CN1CCC(COC(=O)C(c2ccccc2)C2(O)CCCC2)CC1.Cl. The number of carbonyl (C=O) groups is 1. The summed E-state index contributed by atoms with van der Waals surface area (Å²) in [6.45, 7) is 2.61. The van der Waals surface area contributed by atoms with Crippen molar-refractivity contribution in [2.24, 2.45) is 5.92 Å². The molecule has 0 spiro atoms. The third-order valence-electron chi connectivity index (χ3n) is 5.67. The van der Waals surface area contributed by atoms with Gasteiger partial charge < -0.3 is 14.7 Å². The molecule has 0 amide bonds. The molecule has 1 aliphatic carbocycles. The minimum atomic E-state index is -0.953. The number of ether oxygens (including phenoxy) is 1. The molecule has 4 nitrogen and oxygen atoms in total. The molecule has 1 aliphatic heterocycles. The van der Waals surface area contributed by atoms with Crippen molar-refractivity contribution in [1.82, 2.24) is 4.90 Å². The number of hydrogen-bond donors (Lipinski definition) is 1. The molecule has 2 fully saturated rings. The highest BCUT2D eigenvalue weighted by Gasteiger charge is 2.45. The molecule has 1 aromatic carbocycles. The lowest BCUT2D eigenvalue weighted by atomic mass is 9.80. The molecule has 1 heterocycles. The first-order valence-electron chi connectivity index (χ1n) is 9.21. The highest BCUT2D eigenvalue weighted by Crippen LogP contribution is 2.42. The molecular formula is C20H30ClNO3. The van der Waals surface area contributed by atoms with E-state index in [0.29, 0.717) is 25.4 Å². The number of nitrogens with zero attached hydrogens (tertiary/aromatic N) is 1. The number of piperidine rings is 1. The number of aliphatic hydroxyl groups is 1. The molecule has 25 heavy (non-hydrogen) atoms. The molecule has 0 aromatic heterocycles. The van der Waals surface area contributed by atoms with Gasteiger partial charge in [0.25, 0.3) is 0 Å².